The molecule has 168 valence electrons. The van der Waals surface area contributed by atoms with Crippen molar-refractivity contribution >= 4 is 17.8 Å². The second-order valence-electron chi connectivity index (χ2n) is 7.35. The van der Waals surface area contributed by atoms with Gasteiger partial charge in [-0.05, 0) is 47.7 Å². The third-order valence-electron chi connectivity index (χ3n) is 4.97. The van der Waals surface area contributed by atoms with Gasteiger partial charge in [-0.15, -0.1) is 0 Å². The summed E-state index contributed by atoms with van der Waals surface area (Å²) in [5, 5.41) is 12.8. The first kappa shape index (κ1) is 22.8. The van der Waals surface area contributed by atoms with Crippen molar-refractivity contribution < 1.29 is 33.7 Å². The van der Waals surface area contributed by atoms with Gasteiger partial charge in [0, 0.05) is 26.3 Å². The highest BCUT2D eigenvalue weighted by atomic mass is 16.6. The van der Waals surface area contributed by atoms with Crippen LogP contribution in [0.5, 0.6) is 23.0 Å². The standard InChI is InChI=1S/C23H23NO8/c1-11(25)24-17-7-5-14-9-20(31-12(2)26)22(30-4)23(32-13(3)27)21(14)15-6-8-18(28)19(29)10-16(15)17/h6,8-10,17H,5,7H2,1-4H3,(H,24,25)(H,28,29). The molecule has 1 atom stereocenters. The third kappa shape index (κ3) is 4.56. The van der Waals surface area contributed by atoms with Crippen molar-refractivity contribution in [1.82, 2.24) is 5.32 Å². The molecule has 0 spiro atoms. The average Bonchev–Trinajstić information content (AvgIpc) is 2.91. The van der Waals surface area contributed by atoms with Gasteiger partial charge in [0.05, 0.1) is 13.2 Å². The van der Waals surface area contributed by atoms with Crippen molar-refractivity contribution in [1.29, 1.82) is 0 Å². The van der Waals surface area contributed by atoms with E-state index in [0.717, 1.165) is 0 Å². The predicted molar refractivity (Wildman–Crippen MR) is 114 cm³/mol. The molecule has 0 aliphatic heterocycles. The number of carbonyl (C=O) groups is 3. The van der Waals surface area contributed by atoms with Gasteiger partial charge in [0.15, 0.2) is 17.2 Å². The average molecular weight is 441 g/mol. The summed E-state index contributed by atoms with van der Waals surface area (Å²) in [5.74, 6) is -1.89. The summed E-state index contributed by atoms with van der Waals surface area (Å²) in [6, 6.07) is 5.06. The molecule has 32 heavy (non-hydrogen) atoms. The minimum absolute atomic E-state index is 0.0108. The molecule has 0 fully saturated rings. The van der Waals surface area contributed by atoms with E-state index in [1.165, 1.54) is 46.1 Å². The number of amides is 1. The predicted octanol–water partition coefficient (Wildman–Crippen LogP) is 2.40. The molecule has 0 heterocycles. The third-order valence-corrected chi connectivity index (χ3v) is 4.97. The number of aryl methyl sites for hydroxylation is 1. The molecule has 2 aromatic carbocycles. The molecule has 2 N–H and O–H groups in total. The molecular formula is C23H23NO8. The van der Waals surface area contributed by atoms with Crippen LogP contribution in [0.4, 0.5) is 0 Å². The zero-order valence-electron chi connectivity index (χ0n) is 18.1. The lowest BCUT2D eigenvalue weighted by molar-refractivity contribution is -0.132. The van der Waals surface area contributed by atoms with Crippen molar-refractivity contribution in [3.8, 4) is 34.1 Å². The summed E-state index contributed by atoms with van der Waals surface area (Å²) in [4.78, 5) is 47.8. The summed E-state index contributed by atoms with van der Waals surface area (Å²) in [5.41, 5.74) is 1.36. The van der Waals surface area contributed by atoms with Crippen molar-refractivity contribution in [3.05, 3.63) is 45.6 Å². The topological polar surface area (TPSA) is 128 Å². The van der Waals surface area contributed by atoms with Gasteiger partial charge >= 0.3 is 11.9 Å². The van der Waals surface area contributed by atoms with E-state index in [9.17, 15) is 24.3 Å². The molecule has 0 bridgehead atoms. The van der Waals surface area contributed by atoms with Gasteiger partial charge in [-0.3, -0.25) is 19.2 Å². The molecule has 1 amide bonds. The number of hydrogen-bond donors (Lipinski definition) is 2. The molecule has 9 nitrogen and oxygen atoms in total. The first-order valence-corrected chi connectivity index (χ1v) is 9.87. The number of benzene rings is 1. The van der Waals surface area contributed by atoms with Crippen molar-refractivity contribution in [2.24, 2.45) is 0 Å². The van der Waals surface area contributed by atoms with Crippen molar-refractivity contribution in [2.45, 2.75) is 39.7 Å². The highest BCUT2D eigenvalue weighted by molar-refractivity contribution is 5.87. The van der Waals surface area contributed by atoms with Gasteiger partial charge in [0.25, 0.3) is 0 Å². The van der Waals surface area contributed by atoms with Crippen LogP contribution >= 0.6 is 0 Å². The molecule has 3 rings (SSSR count). The molecule has 0 saturated heterocycles. The van der Waals surface area contributed by atoms with Crippen LogP contribution < -0.4 is 25.0 Å². The second-order valence-corrected chi connectivity index (χ2v) is 7.35. The van der Waals surface area contributed by atoms with Crippen LogP contribution in [0.3, 0.4) is 0 Å². The van der Waals surface area contributed by atoms with E-state index in [-0.39, 0.29) is 23.2 Å². The maximum Gasteiger partial charge on any atom is 0.308 e. The van der Waals surface area contributed by atoms with Crippen LogP contribution in [0, 0.1) is 0 Å². The van der Waals surface area contributed by atoms with Gasteiger partial charge in [0.1, 0.15) is 0 Å². The fourth-order valence-electron chi connectivity index (χ4n) is 3.82. The summed E-state index contributed by atoms with van der Waals surface area (Å²) in [6.45, 7) is 3.81. The molecule has 1 aliphatic rings. The van der Waals surface area contributed by atoms with Gasteiger partial charge in [0.2, 0.25) is 17.1 Å². The monoisotopic (exact) mass is 441 g/mol. The number of nitrogens with one attached hydrogen (secondary N) is 1. The SMILES string of the molecule is COc1c(OC(C)=O)cc2c(c1OC(C)=O)-c1ccc(O)c(=O)cc1C(NC(C)=O)CC2. The Morgan fingerprint density at radius 2 is 1.72 bits per heavy atom. The highest BCUT2D eigenvalue weighted by Gasteiger charge is 2.30. The molecule has 0 saturated carbocycles. The molecule has 1 aliphatic carbocycles. The smallest absolute Gasteiger partial charge is 0.308 e. The fourth-order valence-corrected chi connectivity index (χ4v) is 3.82. The Kier molecular flexibility index (Phi) is 6.47. The number of aromatic hydroxyl groups is 1. The Labute approximate surface area is 183 Å². The largest absolute Gasteiger partial charge is 0.504 e. The van der Waals surface area contributed by atoms with E-state index >= 15 is 0 Å². The van der Waals surface area contributed by atoms with Crippen molar-refractivity contribution in [3.63, 3.8) is 0 Å². The second kappa shape index (κ2) is 9.09. The summed E-state index contributed by atoms with van der Waals surface area (Å²) >= 11 is 0. The summed E-state index contributed by atoms with van der Waals surface area (Å²) in [6.07, 6.45) is 0.792. The van der Waals surface area contributed by atoms with E-state index in [4.69, 9.17) is 14.2 Å². The number of esters is 2. The first-order chi connectivity index (χ1) is 15.1. The lowest BCUT2D eigenvalue weighted by Crippen LogP contribution is -2.26. The lowest BCUT2D eigenvalue weighted by Gasteiger charge is -2.20. The summed E-state index contributed by atoms with van der Waals surface area (Å²) in [7, 11) is 1.34. The number of carbonyl (C=O) groups excluding carboxylic acids is 3. The Balaban J connectivity index is 2.44. The number of rotatable bonds is 4. The Bertz CT molecular complexity index is 1170. The van der Waals surface area contributed by atoms with Gasteiger partial charge in [-0.1, -0.05) is 6.07 Å². The molecular weight excluding hydrogens is 418 g/mol. The number of methoxy groups -OCH3 is 1. The maximum absolute atomic E-state index is 12.4. The normalized spacial score (nSPS) is 14.3. The number of hydrogen-bond acceptors (Lipinski definition) is 8. The molecule has 9 heteroatoms. The van der Waals surface area contributed by atoms with Crippen molar-refractivity contribution in [2.75, 3.05) is 7.11 Å². The summed E-state index contributed by atoms with van der Waals surface area (Å²) < 4.78 is 16.2. The van der Waals surface area contributed by atoms with Crippen LogP contribution in [0.25, 0.3) is 11.1 Å². The van der Waals surface area contributed by atoms with Crippen LogP contribution in [-0.4, -0.2) is 30.1 Å². The Hall–Kier alpha value is -3.88. The van der Waals surface area contributed by atoms with E-state index in [0.29, 0.717) is 35.1 Å². The highest BCUT2D eigenvalue weighted by Crippen LogP contribution is 2.50. The molecule has 0 aromatic heterocycles. The minimum atomic E-state index is -0.637. The quantitative estimate of drug-likeness (QED) is 0.547. The fraction of sp³-hybridized carbons (Fsp3) is 0.304. The van der Waals surface area contributed by atoms with Crippen LogP contribution in [-0.2, 0) is 20.8 Å². The molecule has 0 radical (unpaired) electrons. The number of ether oxygens (including phenoxy) is 3. The zero-order chi connectivity index (χ0) is 23.6. The lowest BCUT2D eigenvalue weighted by atomic mass is 9.95. The molecule has 2 aromatic rings. The molecule has 1 unspecified atom stereocenters. The van der Waals surface area contributed by atoms with E-state index < -0.39 is 29.2 Å². The Morgan fingerprint density at radius 1 is 1.03 bits per heavy atom. The zero-order valence-corrected chi connectivity index (χ0v) is 18.1. The van der Waals surface area contributed by atoms with Gasteiger partial charge in [-0.2, -0.15) is 0 Å². The Morgan fingerprint density at radius 3 is 2.31 bits per heavy atom. The van der Waals surface area contributed by atoms with E-state index in [1.54, 1.807) is 6.07 Å². The van der Waals surface area contributed by atoms with E-state index in [1.807, 2.05) is 0 Å². The van der Waals surface area contributed by atoms with Gasteiger partial charge in [-0.25, -0.2) is 0 Å². The van der Waals surface area contributed by atoms with Crippen LogP contribution in [0.2, 0.25) is 0 Å². The van der Waals surface area contributed by atoms with E-state index in [2.05, 4.69) is 5.32 Å². The number of fused-ring (bicyclic) bond motifs is 3. The van der Waals surface area contributed by atoms with Crippen LogP contribution in [0.15, 0.2) is 29.1 Å². The van der Waals surface area contributed by atoms with Crippen LogP contribution in [0.1, 0.15) is 44.4 Å². The first-order valence-electron chi connectivity index (χ1n) is 9.87. The minimum Gasteiger partial charge on any atom is -0.504 e. The van der Waals surface area contributed by atoms with Gasteiger partial charge < -0.3 is 24.6 Å². The maximum atomic E-state index is 12.4.